The molecule has 3 rings (SSSR count). The highest BCUT2D eigenvalue weighted by Crippen LogP contribution is 2.29. The second kappa shape index (κ2) is 5.01. The molecule has 4 nitrogen and oxygen atoms in total. The second-order valence-electron chi connectivity index (χ2n) is 4.89. The van der Waals surface area contributed by atoms with Gasteiger partial charge in [-0.1, -0.05) is 0 Å². The SMILES string of the molecule is Cc1cc(F)cc(C(=O)c2ccc3c(c2)NC(=O)CO3)c1. The summed E-state index contributed by atoms with van der Waals surface area (Å²) < 4.78 is 18.6. The Bertz CT molecular complexity index is 735. The lowest BCUT2D eigenvalue weighted by Gasteiger charge is -2.18. The molecule has 0 saturated heterocycles. The Balaban J connectivity index is 1.98. The molecule has 1 N–H and O–H groups in total. The number of hydrogen-bond donors (Lipinski definition) is 1. The molecule has 5 heteroatoms. The first-order valence-electron chi connectivity index (χ1n) is 6.41. The van der Waals surface area contributed by atoms with Crippen LogP contribution in [0.1, 0.15) is 21.5 Å². The molecule has 1 heterocycles. The van der Waals surface area contributed by atoms with Crippen LogP contribution >= 0.6 is 0 Å². The van der Waals surface area contributed by atoms with E-state index < -0.39 is 5.82 Å². The number of rotatable bonds is 2. The molecule has 0 spiro atoms. The van der Waals surface area contributed by atoms with E-state index in [1.165, 1.54) is 18.2 Å². The van der Waals surface area contributed by atoms with Crippen molar-refractivity contribution in [1.29, 1.82) is 0 Å². The number of halogens is 1. The Hall–Kier alpha value is -2.69. The van der Waals surface area contributed by atoms with Crippen molar-refractivity contribution in [3.05, 3.63) is 58.9 Å². The number of nitrogens with one attached hydrogen (secondary N) is 1. The smallest absolute Gasteiger partial charge is 0.262 e. The van der Waals surface area contributed by atoms with Crippen LogP contribution in [0.25, 0.3) is 0 Å². The van der Waals surface area contributed by atoms with Gasteiger partial charge >= 0.3 is 0 Å². The summed E-state index contributed by atoms with van der Waals surface area (Å²) in [5, 5.41) is 2.64. The van der Waals surface area contributed by atoms with Gasteiger partial charge in [-0.3, -0.25) is 9.59 Å². The van der Waals surface area contributed by atoms with Crippen LogP contribution in [0.5, 0.6) is 5.75 Å². The quantitative estimate of drug-likeness (QED) is 0.863. The molecule has 1 amide bonds. The van der Waals surface area contributed by atoms with Crippen LogP contribution < -0.4 is 10.1 Å². The maximum absolute atomic E-state index is 13.4. The van der Waals surface area contributed by atoms with Gasteiger partial charge in [-0.2, -0.15) is 0 Å². The highest BCUT2D eigenvalue weighted by molar-refractivity contribution is 6.10. The van der Waals surface area contributed by atoms with Gasteiger partial charge in [-0.15, -0.1) is 0 Å². The zero-order valence-electron chi connectivity index (χ0n) is 11.3. The number of carbonyl (C=O) groups is 2. The maximum atomic E-state index is 13.4. The molecule has 1 aliphatic heterocycles. The van der Waals surface area contributed by atoms with Crippen molar-refractivity contribution >= 4 is 17.4 Å². The Labute approximate surface area is 120 Å². The maximum Gasteiger partial charge on any atom is 0.262 e. The first kappa shape index (κ1) is 13.3. The summed E-state index contributed by atoms with van der Waals surface area (Å²) in [7, 11) is 0. The molecule has 2 aromatic carbocycles. The van der Waals surface area contributed by atoms with Crippen molar-refractivity contribution in [1.82, 2.24) is 0 Å². The fraction of sp³-hybridized carbons (Fsp3) is 0.125. The highest BCUT2D eigenvalue weighted by Gasteiger charge is 2.18. The van der Waals surface area contributed by atoms with E-state index in [0.29, 0.717) is 22.6 Å². The number of ether oxygens (including phenoxy) is 1. The topological polar surface area (TPSA) is 55.4 Å². The third-order valence-corrected chi connectivity index (χ3v) is 3.18. The van der Waals surface area contributed by atoms with Gasteiger partial charge in [0, 0.05) is 11.1 Å². The van der Waals surface area contributed by atoms with E-state index in [1.54, 1.807) is 25.1 Å². The van der Waals surface area contributed by atoms with Gasteiger partial charge in [0.25, 0.3) is 5.91 Å². The van der Waals surface area contributed by atoms with E-state index in [-0.39, 0.29) is 23.9 Å². The molecule has 0 fully saturated rings. The van der Waals surface area contributed by atoms with Gasteiger partial charge in [0.1, 0.15) is 11.6 Å². The molecule has 0 aliphatic carbocycles. The van der Waals surface area contributed by atoms with Crippen LogP contribution in [0.15, 0.2) is 36.4 Å². The van der Waals surface area contributed by atoms with Crippen molar-refractivity contribution in [2.45, 2.75) is 6.92 Å². The number of fused-ring (bicyclic) bond motifs is 1. The van der Waals surface area contributed by atoms with Gasteiger partial charge in [-0.05, 0) is 48.9 Å². The predicted octanol–water partition coefficient (Wildman–Crippen LogP) is 2.70. The first-order chi connectivity index (χ1) is 10.0. The second-order valence-corrected chi connectivity index (χ2v) is 4.89. The van der Waals surface area contributed by atoms with Crippen LogP contribution in [0.4, 0.5) is 10.1 Å². The lowest BCUT2D eigenvalue weighted by Crippen LogP contribution is -2.25. The minimum Gasteiger partial charge on any atom is -0.482 e. The Kier molecular flexibility index (Phi) is 3.17. The molecule has 21 heavy (non-hydrogen) atoms. The van der Waals surface area contributed by atoms with Crippen molar-refractivity contribution in [3.63, 3.8) is 0 Å². The Morgan fingerprint density at radius 2 is 2.00 bits per heavy atom. The lowest BCUT2D eigenvalue weighted by molar-refractivity contribution is -0.118. The monoisotopic (exact) mass is 285 g/mol. The van der Waals surface area contributed by atoms with Gasteiger partial charge in [0.15, 0.2) is 12.4 Å². The summed E-state index contributed by atoms with van der Waals surface area (Å²) in [4.78, 5) is 23.7. The zero-order chi connectivity index (χ0) is 15.0. The third kappa shape index (κ3) is 2.63. The third-order valence-electron chi connectivity index (χ3n) is 3.18. The molecule has 0 aromatic heterocycles. The molecular formula is C16H12FNO3. The summed E-state index contributed by atoms with van der Waals surface area (Å²) in [5.74, 6) is -0.511. The minimum absolute atomic E-state index is 0.0383. The molecule has 0 atom stereocenters. The molecule has 106 valence electrons. The van der Waals surface area contributed by atoms with E-state index in [4.69, 9.17) is 4.74 Å². The first-order valence-corrected chi connectivity index (χ1v) is 6.41. The zero-order valence-corrected chi connectivity index (χ0v) is 11.3. The average Bonchev–Trinajstić information content (AvgIpc) is 2.44. The summed E-state index contributed by atoms with van der Waals surface area (Å²) in [5.41, 5.74) is 1.76. The van der Waals surface area contributed by atoms with Crippen LogP contribution in [0.2, 0.25) is 0 Å². The summed E-state index contributed by atoms with van der Waals surface area (Å²) in [6.45, 7) is 1.68. The minimum atomic E-state index is -0.451. The highest BCUT2D eigenvalue weighted by atomic mass is 19.1. The molecule has 0 radical (unpaired) electrons. The van der Waals surface area contributed by atoms with Crippen LogP contribution in [0, 0.1) is 12.7 Å². The summed E-state index contributed by atoms with van der Waals surface area (Å²) >= 11 is 0. The largest absolute Gasteiger partial charge is 0.482 e. The fourth-order valence-corrected chi connectivity index (χ4v) is 2.26. The molecular weight excluding hydrogens is 273 g/mol. The van der Waals surface area contributed by atoms with Crippen LogP contribution in [-0.2, 0) is 4.79 Å². The van der Waals surface area contributed by atoms with Gasteiger partial charge < -0.3 is 10.1 Å². The van der Waals surface area contributed by atoms with E-state index in [1.807, 2.05) is 0 Å². The number of benzene rings is 2. The number of hydrogen-bond acceptors (Lipinski definition) is 3. The fourth-order valence-electron chi connectivity index (χ4n) is 2.26. The molecule has 2 aromatic rings. The number of anilines is 1. The molecule has 0 unspecified atom stereocenters. The van der Waals surface area contributed by atoms with E-state index in [0.717, 1.165) is 0 Å². The van der Waals surface area contributed by atoms with Crippen LogP contribution in [0.3, 0.4) is 0 Å². The summed E-state index contributed by atoms with van der Waals surface area (Å²) in [6.07, 6.45) is 0. The van der Waals surface area contributed by atoms with Gasteiger partial charge in [-0.25, -0.2) is 4.39 Å². The normalized spacial score (nSPS) is 13.1. The van der Waals surface area contributed by atoms with Crippen LogP contribution in [-0.4, -0.2) is 18.3 Å². The van der Waals surface area contributed by atoms with Crippen molar-refractivity contribution in [3.8, 4) is 5.75 Å². The van der Waals surface area contributed by atoms with Gasteiger partial charge in [0.2, 0.25) is 0 Å². The van der Waals surface area contributed by atoms with E-state index >= 15 is 0 Å². The number of aryl methyl sites for hydroxylation is 1. The standard InChI is InChI=1S/C16H12FNO3/c1-9-4-11(6-12(17)5-9)16(20)10-2-3-14-13(7-10)18-15(19)8-21-14/h2-7H,8H2,1H3,(H,18,19). The number of amides is 1. The summed E-state index contributed by atoms with van der Waals surface area (Å²) in [6, 6.07) is 8.93. The Morgan fingerprint density at radius 3 is 2.76 bits per heavy atom. The number of ketones is 1. The Morgan fingerprint density at radius 1 is 1.19 bits per heavy atom. The average molecular weight is 285 g/mol. The van der Waals surface area contributed by atoms with Gasteiger partial charge in [0.05, 0.1) is 5.69 Å². The molecule has 1 aliphatic rings. The number of carbonyl (C=O) groups excluding carboxylic acids is 2. The molecule has 0 bridgehead atoms. The van der Waals surface area contributed by atoms with Crippen molar-refractivity contribution in [2.24, 2.45) is 0 Å². The molecule has 0 saturated carbocycles. The van der Waals surface area contributed by atoms with E-state index in [2.05, 4.69) is 5.32 Å². The lowest BCUT2D eigenvalue weighted by atomic mass is 10.0. The van der Waals surface area contributed by atoms with Crippen molar-refractivity contribution in [2.75, 3.05) is 11.9 Å². The predicted molar refractivity (Wildman–Crippen MR) is 75.1 cm³/mol. The van der Waals surface area contributed by atoms with E-state index in [9.17, 15) is 14.0 Å². The van der Waals surface area contributed by atoms with Crippen molar-refractivity contribution < 1.29 is 18.7 Å².